The molecule has 2 amide bonds. The maximum absolute atomic E-state index is 12.9. The molecule has 1 fully saturated rings. The van der Waals surface area contributed by atoms with Crippen LogP contribution in [-0.2, 0) is 18.4 Å². The molecule has 0 saturated heterocycles. The molecule has 4 rings (SSSR count). The number of nitrogens with one attached hydrogen (secondary N) is 3. The van der Waals surface area contributed by atoms with E-state index in [1.165, 1.54) is 23.9 Å². The molecule has 0 radical (unpaired) electrons. The molecule has 13 heteroatoms. The summed E-state index contributed by atoms with van der Waals surface area (Å²) in [4.78, 5) is 36.2. The zero-order chi connectivity index (χ0) is 28.1. The van der Waals surface area contributed by atoms with E-state index in [2.05, 4.69) is 25.9 Å². The van der Waals surface area contributed by atoms with E-state index in [0.29, 0.717) is 30.0 Å². The number of hydrogen-bond acceptors (Lipinski definition) is 9. The molecule has 1 aliphatic rings. The van der Waals surface area contributed by atoms with E-state index < -0.39 is 12.0 Å². The van der Waals surface area contributed by atoms with Gasteiger partial charge < -0.3 is 30.0 Å². The number of H-pyrrole nitrogens is 1. The lowest BCUT2D eigenvalue weighted by Crippen LogP contribution is -2.33. The summed E-state index contributed by atoms with van der Waals surface area (Å²) in [5, 5.41) is 27.0. The first-order valence-electron chi connectivity index (χ1n) is 12.5. The third-order valence-electron chi connectivity index (χ3n) is 6.33. The van der Waals surface area contributed by atoms with E-state index in [9.17, 15) is 19.5 Å². The van der Waals surface area contributed by atoms with Gasteiger partial charge in [-0.1, -0.05) is 0 Å². The van der Waals surface area contributed by atoms with Crippen molar-refractivity contribution in [2.45, 2.75) is 57.8 Å². The first-order chi connectivity index (χ1) is 18.7. The normalized spacial score (nSPS) is 16.6. The molecular formula is C26H32N6O7. The Balaban J connectivity index is 1.35. The van der Waals surface area contributed by atoms with Crippen molar-refractivity contribution in [2.24, 2.45) is 7.05 Å². The maximum atomic E-state index is 12.9. The van der Waals surface area contributed by atoms with Gasteiger partial charge in [0.05, 0.1) is 12.7 Å². The number of ether oxygens (including phenoxy) is 3. The number of hydrogen-bond donors (Lipinski definition) is 4. The van der Waals surface area contributed by atoms with Gasteiger partial charge >= 0.3 is 6.09 Å². The molecule has 2 atom stereocenters. The number of anilines is 1. The number of phenolic OH excluding ortho intramolecular Hbond substituents is 1. The number of aromatic nitrogens is 4. The van der Waals surface area contributed by atoms with Gasteiger partial charge in [-0.2, -0.15) is 10.2 Å². The van der Waals surface area contributed by atoms with Crippen molar-refractivity contribution in [3.05, 3.63) is 46.9 Å². The average molecular weight is 541 g/mol. The minimum absolute atomic E-state index is 0.00858. The third-order valence-corrected chi connectivity index (χ3v) is 6.33. The number of nitrogens with zero attached hydrogens (tertiary/aromatic N) is 3. The Kier molecular flexibility index (Phi) is 8.37. The third kappa shape index (κ3) is 6.67. The van der Waals surface area contributed by atoms with E-state index in [0.717, 1.165) is 18.5 Å². The number of aromatic hydroxyl groups is 1. The lowest BCUT2D eigenvalue weighted by molar-refractivity contribution is 0.0979. The van der Waals surface area contributed by atoms with Crippen LogP contribution >= 0.6 is 0 Å². The lowest BCUT2D eigenvalue weighted by atomic mass is 10.0. The number of aldehydes is 1. The highest BCUT2D eigenvalue weighted by Gasteiger charge is 2.30. The van der Waals surface area contributed by atoms with Gasteiger partial charge in [0.1, 0.15) is 41.3 Å². The first-order valence-corrected chi connectivity index (χ1v) is 12.5. The highest BCUT2D eigenvalue weighted by molar-refractivity contribution is 6.02. The summed E-state index contributed by atoms with van der Waals surface area (Å²) in [7, 11) is 3.05. The van der Waals surface area contributed by atoms with Crippen LogP contribution in [0.15, 0.2) is 24.3 Å². The number of amides is 2. The first kappa shape index (κ1) is 27.5. The van der Waals surface area contributed by atoms with E-state index in [1.54, 1.807) is 19.2 Å². The number of phenols is 1. The molecule has 0 bridgehead atoms. The van der Waals surface area contributed by atoms with Crippen LogP contribution in [-0.4, -0.2) is 62.6 Å². The highest BCUT2D eigenvalue weighted by Crippen LogP contribution is 2.36. The second-order valence-electron chi connectivity index (χ2n) is 9.61. The van der Waals surface area contributed by atoms with Crippen molar-refractivity contribution in [1.29, 1.82) is 0 Å². The second kappa shape index (κ2) is 11.9. The van der Waals surface area contributed by atoms with Gasteiger partial charge in [-0.25, -0.2) is 4.79 Å². The van der Waals surface area contributed by atoms with Gasteiger partial charge in [0, 0.05) is 42.9 Å². The summed E-state index contributed by atoms with van der Waals surface area (Å²) < 4.78 is 17.7. The van der Waals surface area contributed by atoms with E-state index >= 15 is 0 Å². The Morgan fingerprint density at radius 1 is 1.26 bits per heavy atom. The molecule has 1 saturated carbocycles. The molecule has 2 aromatic heterocycles. The van der Waals surface area contributed by atoms with Gasteiger partial charge in [-0.3, -0.25) is 19.4 Å². The Morgan fingerprint density at radius 2 is 2.05 bits per heavy atom. The number of carbonyl (C=O) groups excluding carboxylic acids is 3. The largest absolute Gasteiger partial charge is 0.507 e. The zero-order valence-electron chi connectivity index (χ0n) is 22.2. The van der Waals surface area contributed by atoms with Crippen molar-refractivity contribution in [2.75, 3.05) is 12.4 Å². The molecular weight excluding hydrogens is 508 g/mol. The SMILES string of the molecule is COc1cc(O)c(C=O)c(OCc2cc(C(=O)Nc3cc([C@H]4CC[C@@H](OC(=O)NC(C)C)C4)[nH]n3)n(C)n2)c1. The standard InChI is InChI=1S/C26H32N6O7/c1-14(2)27-26(36)39-17-6-5-15(7-17)20-11-24(30-29-20)28-25(35)21-8-16(31-32(21)3)13-38-23-10-18(37-4)9-22(34)19(23)12-33/h8-12,14-15,17,34H,5-7,13H2,1-4H3,(H,27,36)(H2,28,29,30,35)/t15-,17+/m0/s1. The molecule has 13 nitrogen and oxygen atoms in total. The Labute approximate surface area is 224 Å². The molecule has 208 valence electrons. The van der Waals surface area contributed by atoms with Crippen LogP contribution in [0.5, 0.6) is 17.2 Å². The minimum Gasteiger partial charge on any atom is -0.507 e. The number of aryl methyl sites for hydroxylation is 1. The number of alkyl carbamates (subject to hydrolysis) is 1. The Morgan fingerprint density at radius 3 is 2.77 bits per heavy atom. The van der Waals surface area contributed by atoms with Crippen molar-refractivity contribution in [3.63, 3.8) is 0 Å². The van der Waals surface area contributed by atoms with E-state index in [4.69, 9.17) is 14.2 Å². The van der Waals surface area contributed by atoms with E-state index in [-0.39, 0.29) is 47.4 Å². The van der Waals surface area contributed by atoms with E-state index in [1.807, 2.05) is 13.8 Å². The molecule has 1 aromatic carbocycles. The monoisotopic (exact) mass is 540 g/mol. The van der Waals surface area contributed by atoms with Crippen LogP contribution in [0.4, 0.5) is 10.6 Å². The molecule has 0 unspecified atom stereocenters. The summed E-state index contributed by atoms with van der Waals surface area (Å²) in [6.45, 7) is 3.69. The number of carbonyl (C=O) groups is 3. The van der Waals surface area contributed by atoms with Crippen molar-refractivity contribution >= 4 is 24.1 Å². The maximum Gasteiger partial charge on any atom is 0.407 e. The molecule has 39 heavy (non-hydrogen) atoms. The minimum atomic E-state index is -0.417. The molecule has 4 N–H and O–H groups in total. The predicted octanol–water partition coefficient (Wildman–Crippen LogP) is 3.27. The number of rotatable bonds is 10. The lowest BCUT2D eigenvalue weighted by Gasteiger charge is -2.14. The van der Waals surface area contributed by atoms with Crippen LogP contribution in [0.1, 0.15) is 71.3 Å². The second-order valence-corrected chi connectivity index (χ2v) is 9.61. The Bertz CT molecular complexity index is 1350. The van der Waals surface area contributed by atoms with Gasteiger partial charge in [0.2, 0.25) is 0 Å². The smallest absolute Gasteiger partial charge is 0.407 e. The summed E-state index contributed by atoms with van der Waals surface area (Å²) in [5.41, 5.74) is 1.54. The summed E-state index contributed by atoms with van der Waals surface area (Å²) in [5.74, 6) is 0.259. The quantitative estimate of drug-likeness (QED) is 0.282. The van der Waals surface area contributed by atoms with Crippen LogP contribution in [0.3, 0.4) is 0 Å². The number of methoxy groups -OCH3 is 1. The number of aromatic amines is 1. The molecule has 2 heterocycles. The van der Waals surface area contributed by atoms with Crippen LogP contribution in [0.2, 0.25) is 0 Å². The fourth-order valence-electron chi connectivity index (χ4n) is 4.45. The molecule has 3 aromatic rings. The highest BCUT2D eigenvalue weighted by atomic mass is 16.6. The molecule has 0 spiro atoms. The number of benzene rings is 1. The summed E-state index contributed by atoms with van der Waals surface area (Å²) in [6.07, 6.45) is 2.15. The zero-order valence-corrected chi connectivity index (χ0v) is 22.2. The van der Waals surface area contributed by atoms with Crippen molar-refractivity contribution < 1.29 is 33.7 Å². The van der Waals surface area contributed by atoms with Gasteiger partial charge in [-0.15, -0.1) is 0 Å². The van der Waals surface area contributed by atoms with Crippen LogP contribution < -0.4 is 20.1 Å². The summed E-state index contributed by atoms with van der Waals surface area (Å²) >= 11 is 0. The summed E-state index contributed by atoms with van der Waals surface area (Å²) in [6, 6.07) is 6.13. The van der Waals surface area contributed by atoms with Crippen molar-refractivity contribution in [1.82, 2.24) is 25.3 Å². The molecule has 0 aliphatic heterocycles. The van der Waals surface area contributed by atoms with Crippen LogP contribution in [0.25, 0.3) is 0 Å². The molecule has 1 aliphatic carbocycles. The fourth-order valence-corrected chi connectivity index (χ4v) is 4.45. The van der Waals surface area contributed by atoms with Crippen LogP contribution in [0, 0.1) is 0 Å². The predicted molar refractivity (Wildman–Crippen MR) is 139 cm³/mol. The van der Waals surface area contributed by atoms with Gasteiger partial charge in [0.15, 0.2) is 12.1 Å². The topological polar surface area (TPSA) is 170 Å². The van der Waals surface area contributed by atoms with Gasteiger partial charge in [0.25, 0.3) is 5.91 Å². The van der Waals surface area contributed by atoms with Crippen molar-refractivity contribution in [3.8, 4) is 17.2 Å². The van der Waals surface area contributed by atoms with Gasteiger partial charge in [-0.05, 0) is 39.2 Å². The Hall–Kier alpha value is -4.55. The average Bonchev–Trinajstić information content (AvgIpc) is 3.62. The fraction of sp³-hybridized carbons (Fsp3) is 0.423.